The molecule has 1 aliphatic rings. The first-order chi connectivity index (χ1) is 16.1. The summed E-state index contributed by atoms with van der Waals surface area (Å²) < 4.78 is 56.8. The number of nitrogens with one attached hydrogen (secondary N) is 3. The second kappa shape index (κ2) is 11.1. The molecule has 182 valence electrons. The Hall–Kier alpha value is -3.44. The molecule has 0 radical (unpaired) electrons. The van der Waals surface area contributed by atoms with Gasteiger partial charge in [0.15, 0.2) is 0 Å². The maximum Gasteiger partial charge on any atom is 0.416 e. The van der Waals surface area contributed by atoms with E-state index in [0.717, 1.165) is 24.3 Å². The Morgan fingerprint density at radius 2 is 1.79 bits per heavy atom. The smallest absolute Gasteiger partial charge is 0.394 e. The first-order valence-corrected chi connectivity index (χ1v) is 10.3. The number of halogens is 4. The molecule has 0 aliphatic carbocycles. The van der Waals surface area contributed by atoms with Crippen molar-refractivity contribution in [3.63, 3.8) is 0 Å². The van der Waals surface area contributed by atoms with Crippen molar-refractivity contribution < 1.29 is 37.0 Å². The van der Waals surface area contributed by atoms with E-state index >= 15 is 0 Å². The van der Waals surface area contributed by atoms with Crippen molar-refractivity contribution in [3.8, 4) is 0 Å². The van der Waals surface area contributed by atoms with Gasteiger partial charge in [0, 0.05) is 12.2 Å². The van der Waals surface area contributed by atoms with E-state index in [0.29, 0.717) is 5.56 Å². The van der Waals surface area contributed by atoms with Gasteiger partial charge in [-0.2, -0.15) is 13.2 Å². The molecule has 1 heterocycles. The molecule has 3 amide bonds. The summed E-state index contributed by atoms with van der Waals surface area (Å²) in [5, 5.41) is 17.3. The van der Waals surface area contributed by atoms with Crippen LogP contribution in [0, 0.1) is 5.82 Å². The lowest BCUT2D eigenvalue weighted by Gasteiger charge is -2.31. The minimum absolute atomic E-state index is 0.0488. The van der Waals surface area contributed by atoms with E-state index < -0.39 is 48.4 Å². The lowest BCUT2D eigenvalue weighted by Crippen LogP contribution is -2.50. The van der Waals surface area contributed by atoms with E-state index in [2.05, 4.69) is 16.0 Å². The Bertz CT molecular complexity index is 1030. The molecule has 0 saturated carbocycles. The second-order valence-electron chi connectivity index (χ2n) is 7.59. The van der Waals surface area contributed by atoms with Crippen LogP contribution in [0.25, 0.3) is 0 Å². The van der Waals surface area contributed by atoms with Crippen LogP contribution in [0.15, 0.2) is 60.7 Å². The molecule has 11 heteroatoms. The average Bonchev–Trinajstić information content (AvgIpc) is 2.78. The minimum Gasteiger partial charge on any atom is -0.394 e. The zero-order valence-corrected chi connectivity index (χ0v) is 17.8. The van der Waals surface area contributed by atoms with Crippen LogP contribution in [0.5, 0.6) is 0 Å². The van der Waals surface area contributed by atoms with Crippen LogP contribution in [-0.2, 0) is 22.3 Å². The highest BCUT2D eigenvalue weighted by atomic mass is 19.4. The Morgan fingerprint density at radius 3 is 2.44 bits per heavy atom. The Labute approximate surface area is 192 Å². The number of alkyl halides is 3. The van der Waals surface area contributed by atoms with Gasteiger partial charge in [-0.15, -0.1) is 0 Å². The zero-order chi connectivity index (χ0) is 24.7. The summed E-state index contributed by atoms with van der Waals surface area (Å²) in [6.45, 7) is -0.304. The summed E-state index contributed by atoms with van der Waals surface area (Å²) in [5.74, 6) is -0.751. The van der Waals surface area contributed by atoms with Crippen LogP contribution < -0.4 is 16.0 Å². The van der Waals surface area contributed by atoms with Gasteiger partial charge in [0.05, 0.1) is 30.7 Å². The molecule has 4 N–H and O–H groups in total. The molecule has 0 saturated heterocycles. The minimum atomic E-state index is -4.48. The molecule has 2 aromatic carbocycles. The van der Waals surface area contributed by atoms with Crippen LogP contribution in [-0.4, -0.2) is 41.9 Å². The number of hydrogen-bond donors (Lipinski definition) is 4. The summed E-state index contributed by atoms with van der Waals surface area (Å²) in [6.07, 6.45) is -2.89. The number of carbonyl (C=O) groups excluding carboxylic acids is 2. The van der Waals surface area contributed by atoms with E-state index in [-0.39, 0.29) is 24.6 Å². The molecule has 0 bridgehead atoms. The van der Waals surface area contributed by atoms with Crippen LogP contribution in [0.1, 0.15) is 17.5 Å². The van der Waals surface area contributed by atoms with E-state index in [1.165, 1.54) is 18.2 Å². The maximum absolute atomic E-state index is 13.2. The van der Waals surface area contributed by atoms with E-state index in [1.807, 2.05) is 0 Å². The molecule has 7 nitrogen and oxygen atoms in total. The van der Waals surface area contributed by atoms with Crippen molar-refractivity contribution in [1.82, 2.24) is 10.6 Å². The molecule has 0 aromatic heterocycles. The van der Waals surface area contributed by atoms with E-state index in [9.17, 15) is 32.3 Å². The first kappa shape index (κ1) is 25.2. The number of amides is 3. The average molecular weight is 481 g/mol. The topological polar surface area (TPSA) is 99.7 Å². The Balaban J connectivity index is 1.49. The van der Waals surface area contributed by atoms with Gasteiger partial charge >= 0.3 is 12.2 Å². The van der Waals surface area contributed by atoms with Crippen molar-refractivity contribution in [3.05, 3.63) is 77.6 Å². The van der Waals surface area contributed by atoms with Crippen molar-refractivity contribution in [2.24, 2.45) is 0 Å². The highest BCUT2D eigenvalue weighted by molar-refractivity contribution is 5.89. The van der Waals surface area contributed by atoms with Crippen molar-refractivity contribution >= 4 is 17.6 Å². The number of hydrogen-bond acceptors (Lipinski definition) is 4. The van der Waals surface area contributed by atoms with Gasteiger partial charge in [-0.05, 0) is 42.0 Å². The highest BCUT2D eigenvalue weighted by Crippen LogP contribution is 2.29. The predicted molar refractivity (Wildman–Crippen MR) is 115 cm³/mol. The van der Waals surface area contributed by atoms with Gasteiger partial charge in [0.1, 0.15) is 11.9 Å². The fourth-order valence-electron chi connectivity index (χ4n) is 3.30. The van der Waals surface area contributed by atoms with Crippen LogP contribution in [0.2, 0.25) is 0 Å². The largest absolute Gasteiger partial charge is 0.416 e. The molecule has 1 aliphatic heterocycles. The number of aliphatic hydroxyl groups excluding tert-OH is 1. The lowest BCUT2D eigenvalue weighted by atomic mass is 10.0. The number of ether oxygens (including phenoxy) is 1. The van der Waals surface area contributed by atoms with Gasteiger partial charge in [-0.25, -0.2) is 9.18 Å². The van der Waals surface area contributed by atoms with Crippen LogP contribution in [0.3, 0.4) is 0 Å². The number of rotatable bonds is 7. The van der Waals surface area contributed by atoms with Gasteiger partial charge < -0.3 is 25.8 Å². The van der Waals surface area contributed by atoms with Gasteiger partial charge in [0.2, 0.25) is 5.91 Å². The highest BCUT2D eigenvalue weighted by Gasteiger charge is 2.31. The lowest BCUT2D eigenvalue weighted by molar-refractivity contribution is -0.137. The van der Waals surface area contributed by atoms with Crippen molar-refractivity contribution in [2.75, 3.05) is 11.9 Å². The summed E-state index contributed by atoms with van der Waals surface area (Å²) in [4.78, 5) is 24.4. The monoisotopic (exact) mass is 481 g/mol. The third-order valence-electron chi connectivity index (χ3n) is 5.00. The van der Waals surface area contributed by atoms with Crippen molar-refractivity contribution in [1.29, 1.82) is 0 Å². The number of anilines is 1. The summed E-state index contributed by atoms with van der Waals surface area (Å²) in [7, 11) is 0. The summed E-state index contributed by atoms with van der Waals surface area (Å²) in [5.41, 5.74) is -0.0851. The molecule has 34 heavy (non-hydrogen) atoms. The fraction of sp³-hybridized carbons (Fsp3) is 0.304. The van der Waals surface area contributed by atoms with E-state index in [1.54, 1.807) is 18.2 Å². The second-order valence-corrected chi connectivity index (χ2v) is 7.59. The molecular formula is C23H23F4N3O4. The Morgan fingerprint density at radius 1 is 1.06 bits per heavy atom. The SMILES string of the molecule is O=C(C[C@H]1C=C[C@H](NC(=O)Nc2ccc(C(F)(F)F)cc2)[C@H](CO)O1)NCc1cccc(F)c1. The predicted octanol–water partition coefficient (Wildman–Crippen LogP) is 3.36. The standard InChI is InChI=1S/C23H23F4N3O4/c24-16-3-1-2-14(10-16)12-28-21(32)11-18-8-9-19(20(13-31)34-18)30-22(33)29-17-6-4-15(5-7-17)23(25,26)27/h1-10,18-20,31H,11-13H2,(H,28,32)(H2,29,30,33)/t18-,19+,20+/m1/s1. The third kappa shape index (κ3) is 7.29. The number of benzene rings is 2. The molecule has 0 fully saturated rings. The van der Waals surface area contributed by atoms with Gasteiger partial charge in [-0.1, -0.05) is 24.3 Å². The summed E-state index contributed by atoms with van der Waals surface area (Å²) in [6, 6.07) is 8.33. The van der Waals surface area contributed by atoms with E-state index in [4.69, 9.17) is 4.74 Å². The first-order valence-electron chi connectivity index (χ1n) is 10.3. The number of urea groups is 1. The normalized spacial score (nSPS) is 20.0. The van der Waals surface area contributed by atoms with Gasteiger partial charge in [-0.3, -0.25) is 4.79 Å². The van der Waals surface area contributed by atoms with Crippen LogP contribution >= 0.6 is 0 Å². The maximum atomic E-state index is 13.2. The summed E-state index contributed by atoms with van der Waals surface area (Å²) >= 11 is 0. The molecule has 2 aromatic rings. The number of carbonyl (C=O) groups is 2. The van der Waals surface area contributed by atoms with Gasteiger partial charge in [0.25, 0.3) is 0 Å². The molecule has 3 atom stereocenters. The molecule has 0 unspecified atom stereocenters. The molecule has 3 rings (SSSR count). The van der Waals surface area contributed by atoms with Crippen LogP contribution in [0.4, 0.5) is 28.0 Å². The molecular weight excluding hydrogens is 458 g/mol. The molecule has 0 spiro atoms. The third-order valence-corrected chi connectivity index (χ3v) is 5.00. The quantitative estimate of drug-likeness (QED) is 0.360. The fourth-order valence-corrected chi connectivity index (χ4v) is 3.30. The Kier molecular flexibility index (Phi) is 8.24. The zero-order valence-electron chi connectivity index (χ0n) is 17.8. The van der Waals surface area contributed by atoms with Crippen molar-refractivity contribution in [2.45, 2.75) is 37.4 Å². The number of aliphatic hydroxyl groups is 1.